The lowest BCUT2D eigenvalue weighted by Crippen LogP contribution is -2.34. The van der Waals surface area contributed by atoms with Crippen LogP contribution in [0.5, 0.6) is 0 Å². The van der Waals surface area contributed by atoms with Crippen molar-refractivity contribution in [3.8, 4) is 0 Å². The molecule has 0 saturated heterocycles. The molecule has 0 aliphatic carbocycles. The molecule has 0 bridgehead atoms. The molecule has 0 saturated carbocycles. The molecule has 0 aliphatic rings. The number of aromatic nitrogens is 3. The molecule has 2 aromatic heterocycles. The first-order valence-corrected chi connectivity index (χ1v) is 10.6. The number of anilines is 2. The molecule has 1 aromatic carbocycles. The van der Waals surface area contributed by atoms with Crippen molar-refractivity contribution in [2.75, 3.05) is 12.1 Å². The van der Waals surface area contributed by atoms with Gasteiger partial charge in [-0.25, -0.2) is 9.48 Å². The van der Waals surface area contributed by atoms with Crippen LogP contribution in [0.2, 0.25) is 0 Å². The molecule has 3 rings (SSSR count). The Bertz CT molecular complexity index is 1200. The first-order chi connectivity index (χ1) is 15.8. The maximum Gasteiger partial charge on any atom is 0.361 e. The number of aryl methyl sites for hydroxylation is 1. The Balaban J connectivity index is 1.77. The number of pyridine rings is 1. The number of fused-ring (bicyclic) bond motifs is 1. The van der Waals surface area contributed by atoms with E-state index < -0.39 is 30.3 Å². The summed E-state index contributed by atoms with van der Waals surface area (Å²) in [5.74, 6) is -1.28. The third-order valence-corrected chi connectivity index (χ3v) is 4.84. The zero-order valence-electron chi connectivity index (χ0n) is 18.8. The van der Waals surface area contributed by atoms with E-state index in [0.717, 1.165) is 15.5 Å². The standard InChI is InChI=1S/C23H27N5O5/c1-4-28-21(29)18(26-20-12-25-11-15-7-5-6-8-16(15)20)10-19(27-28)23(31)33-13-32-22(30)17(24)9-14(2)3/h5-8,10-12,14,17,26H,4,9,13,24H2,1-3H3/t17-/m0/s1. The van der Waals surface area contributed by atoms with E-state index in [0.29, 0.717) is 12.1 Å². The average Bonchev–Trinajstić information content (AvgIpc) is 2.79. The maximum absolute atomic E-state index is 12.8. The summed E-state index contributed by atoms with van der Waals surface area (Å²) in [5, 5.41) is 8.84. The maximum atomic E-state index is 12.8. The molecule has 33 heavy (non-hydrogen) atoms. The van der Waals surface area contributed by atoms with Gasteiger partial charge in [-0.2, -0.15) is 5.10 Å². The van der Waals surface area contributed by atoms with Crippen molar-refractivity contribution in [2.45, 2.75) is 39.8 Å². The monoisotopic (exact) mass is 453 g/mol. The molecular formula is C23H27N5O5. The molecule has 0 fully saturated rings. The van der Waals surface area contributed by atoms with Gasteiger partial charge in [0, 0.05) is 29.6 Å². The number of nitrogens with one attached hydrogen (secondary N) is 1. The molecule has 0 aliphatic heterocycles. The molecular weight excluding hydrogens is 426 g/mol. The van der Waals surface area contributed by atoms with Crippen molar-refractivity contribution in [2.24, 2.45) is 11.7 Å². The van der Waals surface area contributed by atoms with Crippen molar-refractivity contribution >= 4 is 34.1 Å². The molecule has 3 aromatic rings. The summed E-state index contributed by atoms with van der Waals surface area (Å²) in [6.07, 6.45) is 3.76. The van der Waals surface area contributed by atoms with E-state index in [1.165, 1.54) is 6.07 Å². The van der Waals surface area contributed by atoms with Crippen molar-refractivity contribution in [1.29, 1.82) is 0 Å². The van der Waals surface area contributed by atoms with Crippen LogP contribution in [0.3, 0.4) is 0 Å². The fraction of sp³-hybridized carbons (Fsp3) is 0.348. The number of carbonyl (C=O) groups is 2. The Kier molecular flexibility index (Phi) is 7.73. The summed E-state index contributed by atoms with van der Waals surface area (Å²) >= 11 is 0. The van der Waals surface area contributed by atoms with Gasteiger partial charge in [0.1, 0.15) is 11.7 Å². The van der Waals surface area contributed by atoms with E-state index in [4.69, 9.17) is 15.2 Å². The van der Waals surface area contributed by atoms with Crippen LogP contribution < -0.4 is 16.6 Å². The normalized spacial score (nSPS) is 11.9. The summed E-state index contributed by atoms with van der Waals surface area (Å²) in [6, 6.07) is 8.07. The topological polar surface area (TPSA) is 138 Å². The number of hydrogen-bond donors (Lipinski definition) is 2. The van der Waals surface area contributed by atoms with Crippen LogP contribution in [0.25, 0.3) is 10.8 Å². The third kappa shape index (κ3) is 5.92. The number of rotatable bonds is 9. The van der Waals surface area contributed by atoms with E-state index in [9.17, 15) is 14.4 Å². The fourth-order valence-corrected chi connectivity index (χ4v) is 3.23. The second-order valence-corrected chi connectivity index (χ2v) is 7.85. The minimum absolute atomic E-state index is 0.116. The van der Waals surface area contributed by atoms with Crippen molar-refractivity contribution < 1.29 is 19.1 Å². The lowest BCUT2D eigenvalue weighted by molar-refractivity contribution is -0.154. The van der Waals surface area contributed by atoms with E-state index in [1.54, 1.807) is 19.3 Å². The lowest BCUT2D eigenvalue weighted by atomic mass is 10.1. The van der Waals surface area contributed by atoms with Gasteiger partial charge in [0.2, 0.25) is 6.79 Å². The van der Waals surface area contributed by atoms with Crippen LogP contribution in [-0.4, -0.2) is 39.5 Å². The number of hydrogen-bond acceptors (Lipinski definition) is 9. The highest BCUT2D eigenvalue weighted by Gasteiger charge is 2.19. The molecule has 2 heterocycles. The number of nitrogens with two attached hydrogens (primary N) is 1. The Morgan fingerprint density at radius 2 is 1.91 bits per heavy atom. The molecule has 0 amide bonds. The Hall–Kier alpha value is -3.79. The van der Waals surface area contributed by atoms with Crippen LogP contribution in [0.4, 0.5) is 11.4 Å². The van der Waals surface area contributed by atoms with Crippen LogP contribution in [-0.2, 0) is 20.8 Å². The molecule has 0 unspecified atom stereocenters. The van der Waals surface area contributed by atoms with Crippen molar-refractivity contribution in [3.63, 3.8) is 0 Å². The number of ether oxygens (including phenoxy) is 2. The molecule has 1 atom stereocenters. The zero-order valence-corrected chi connectivity index (χ0v) is 18.8. The van der Waals surface area contributed by atoms with Gasteiger partial charge in [-0.3, -0.25) is 14.6 Å². The van der Waals surface area contributed by atoms with Crippen molar-refractivity contribution in [3.05, 3.63) is 58.8 Å². The average molecular weight is 453 g/mol. The predicted molar refractivity (Wildman–Crippen MR) is 123 cm³/mol. The Labute approximate surface area is 190 Å². The smallest absolute Gasteiger partial charge is 0.361 e. The predicted octanol–water partition coefficient (Wildman–Crippen LogP) is 2.59. The van der Waals surface area contributed by atoms with E-state index in [-0.39, 0.29) is 23.8 Å². The van der Waals surface area contributed by atoms with E-state index >= 15 is 0 Å². The third-order valence-electron chi connectivity index (χ3n) is 4.84. The van der Waals surface area contributed by atoms with Gasteiger partial charge in [-0.15, -0.1) is 0 Å². The van der Waals surface area contributed by atoms with Gasteiger partial charge in [-0.05, 0) is 19.3 Å². The van der Waals surface area contributed by atoms with Crippen LogP contribution >= 0.6 is 0 Å². The van der Waals surface area contributed by atoms with Gasteiger partial charge in [0.15, 0.2) is 5.69 Å². The van der Waals surface area contributed by atoms with Crippen LogP contribution in [0.15, 0.2) is 47.5 Å². The van der Waals surface area contributed by atoms with Crippen LogP contribution in [0.1, 0.15) is 37.7 Å². The second-order valence-electron chi connectivity index (χ2n) is 7.85. The molecule has 3 N–H and O–H groups in total. The minimum Gasteiger partial charge on any atom is -0.427 e. The highest BCUT2D eigenvalue weighted by atomic mass is 16.7. The molecule has 0 spiro atoms. The molecule has 10 nitrogen and oxygen atoms in total. The molecule has 10 heteroatoms. The van der Waals surface area contributed by atoms with E-state index in [2.05, 4.69) is 15.4 Å². The van der Waals surface area contributed by atoms with Gasteiger partial charge in [-0.1, -0.05) is 38.1 Å². The Morgan fingerprint density at radius 3 is 2.64 bits per heavy atom. The summed E-state index contributed by atoms with van der Waals surface area (Å²) < 4.78 is 11.1. The van der Waals surface area contributed by atoms with Crippen molar-refractivity contribution in [1.82, 2.24) is 14.8 Å². The fourth-order valence-electron chi connectivity index (χ4n) is 3.23. The summed E-state index contributed by atoms with van der Waals surface area (Å²) in [4.78, 5) is 41.4. The first-order valence-electron chi connectivity index (χ1n) is 10.6. The van der Waals surface area contributed by atoms with Gasteiger partial charge < -0.3 is 20.5 Å². The zero-order chi connectivity index (χ0) is 24.0. The molecule has 0 radical (unpaired) electrons. The SMILES string of the molecule is CCn1nc(C(=O)OCOC(=O)[C@@H](N)CC(C)C)cc(Nc2cncc3ccccc23)c1=O. The summed E-state index contributed by atoms with van der Waals surface area (Å²) in [5.41, 5.74) is 5.96. The van der Waals surface area contributed by atoms with Crippen LogP contribution in [0, 0.1) is 5.92 Å². The minimum atomic E-state index is -0.846. The summed E-state index contributed by atoms with van der Waals surface area (Å²) in [7, 11) is 0. The highest BCUT2D eigenvalue weighted by molar-refractivity contribution is 5.95. The van der Waals surface area contributed by atoms with Gasteiger partial charge in [0.05, 0.1) is 11.9 Å². The molecule has 174 valence electrons. The number of nitrogens with zero attached hydrogens (tertiary/aromatic N) is 3. The Morgan fingerprint density at radius 1 is 1.15 bits per heavy atom. The van der Waals surface area contributed by atoms with E-state index in [1.807, 2.05) is 38.1 Å². The number of esters is 2. The second kappa shape index (κ2) is 10.7. The first kappa shape index (κ1) is 23.9. The number of carbonyl (C=O) groups excluding carboxylic acids is 2. The summed E-state index contributed by atoms with van der Waals surface area (Å²) in [6.45, 7) is 5.22. The quantitative estimate of drug-likeness (QED) is 0.370. The van der Waals surface area contributed by atoms with Gasteiger partial charge in [0.25, 0.3) is 5.56 Å². The number of benzene rings is 1. The van der Waals surface area contributed by atoms with Gasteiger partial charge >= 0.3 is 11.9 Å². The lowest BCUT2D eigenvalue weighted by Gasteiger charge is -2.14. The largest absolute Gasteiger partial charge is 0.427 e. The highest BCUT2D eigenvalue weighted by Crippen LogP contribution is 2.24.